The maximum atomic E-state index is 13.2. The molecule has 3 aromatic rings. The van der Waals surface area contributed by atoms with Gasteiger partial charge in [0, 0.05) is 36.5 Å². The molecular formula is C22H22FN3. The van der Waals surface area contributed by atoms with Gasteiger partial charge >= 0.3 is 0 Å². The van der Waals surface area contributed by atoms with Crippen molar-refractivity contribution in [3.8, 4) is 11.3 Å². The summed E-state index contributed by atoms with van der Waals surface area (Å²) in [6, 6.07) is 18.8. The highest BCUT2D eigenvalue weighted by atomic mass is 19.1. The van der Waals surface area contributed by atoms with Crippen molar-refractivity contribution in [1.29, 1.82) is 0 Å². The van der Waals surface area contributed by atoms with Gasteiger partial charge in [0.1, 0.15) is 5.82 Å². The van der Waals surface area contributed by atoms with Crippen molar-refractivity contribution in [2.75, 3.05) is 13.1 Å². The highest BCUT2D eigenvalue weighted by Crippen LogP contribution is 2.28. The van der Waals surface area contributed by atoms with Crippen molar-refractivity contribution in [2.24, 2.45) is 0 Å². The van der Waals surface area contributed by atoms with Crippen LogP contribution in [0.3, 0.4) is 0 Å². The molecule has 2 aromatic heterocycles. The van der Waals surface area contributed by atoms with E-state index in [-0.39, 0.29) is 5.82 Å². The predicted octanol–water partition coefficient (Wildman–Crippen LogP) is 4.66. The molecule has 1 aliphatic heterocycles. The molecule has 0 amide bonds. The quantitative estimate of drug-likeness (QED) is 0.687. The summed E-state index contributed by atoms with van der Waals surface area (Å²) in [6.45, 7) is 2.98. The van der Waals surface area contributed by atoms with Crippen LogP contribution in [0.1, 0.15) is 30.1 Å². The summed E-state index contributed by atoms with van der Waals surface area (Å²) in [5.74, 6) is 0.204. The zero-order valence-electron chi connectivity index (χ0n) is 14.7. The highest BCUT2D eigenvalue weighted by Gasteiger charge is 2.23. The molecule has 0 N–H and O–H groups in total. The zero-order chi connectivity index (χ0) is 17.8. The molecule has 0 spiro atoms. The third-order valence-corrected chi connectivity index (χ3v) is 4.95. The van der Waals surface area contributed by atoms with Crippen molar-refractivity contribution in [1.82, 2.24) is 14.9 Å². The van der Waals surface area contributed by atoms with E-state index in [9.17, 15) is 4.39 Å². The Morgan fingerprint density at radius 1 is 1.00 bits per heavy atom. The number of piperidine rings is 1. The van der Waals surface area contributed by atoms with Crippen LogP contribution >= 0.6 is 0 Å². The molecule has 3 heterocycles. The van der Waals surface area contributed by atoms with Crippen molar-refractivity contribution in [3.05, 3.63) is 84.1 Å². The maximum absolute atomic E-state index is 13.2. The van der Waals surface area contributed by atoms with Gasteiger partial charge in [-0.1, -0.05) is 12.1 Å². The highest BCUT2D eigenvalue weighted by molar-refractivity contribution is 5.59. The van der Waals surface area contributed by atoms with Gasteiger partial charge in [0.05, 0.1) is 11.4 Å². The van der Waals surface area contributed by atoms with E-state index in [1.165, 1.54) is 18.6 Å². The van der Waals surface area contributed by atoms with Gasteiger partial charge < -0.3 is 0 Å². The van der Waals surface area contributed by atoms with Crippen LogP contribution in [0.5, 0.6) is 0 Å². The monoisotopic (exact) mass is 347 g/mol. The number of pyridine rings is 2. The largest absolute Gasteiger partial charge is 0.297 e. The van der Waals surface area contributed by atoms with Crippen LogP contribution in [0.15, 0.2) is 66.9 Å². The summed E-state index contributed by atoms with van der Waals surface area (Å²) < 4.78 is 13.2. The van der Waals surface area contributed by atoms with Gasteiger partial charge in [0.2, 0.25) is 0 Å². The van der Waals surface area contributed by atoms with E-state index in [0.717, 1.165) is 48.7 Å². The van der Waals surface area contributed by atoms with E-state index in [0.29, 0.717) is 5.92 Å². The van der Waals surface area contributed by atoms with Crippen LogP contribution in [0.25, 0.3) is 11.3 Å². The molecule has 3 nitrogen and oxygen atoms in total. The van der Waals surface area contributed by atoms with Crippen LogP contribution in [-0.4, -0.2) is 28.0 Å². The minimum Gasteiger partial charge on any atom is -0.297 e. The van der Waals surface area contributed by atoms with Crippen LogP contribution in [0.4, 0.5) is 4.39 Å². The van der Waals surface area contributed by atoms with Gasteiger partial charge in [-0.2, -0.15) is 0 Å². The first-order chi connectivity index (χ1) is 12.8. The van der Waals surface area contributed by atoms with E-state index in [2.05, 4.69) is 28.1 Å². The fourth-order valence-electron chi connectivity index (χ4n) is 3.62. The smallest absolute Gasteiger partial charge is 0.123 e. The summed E-state index contributed by atoms with van der Waals surface area (Å²) >= 11 is 0. The normalized spacial score (nSPS) is 18.0. The molecule has 4 rings (SSSR count). The lowest BCUT2D eigenvalue weighted by Gasteiger charge is -2.32. The first-order valence-electron chi connectivity index (χ1n) is 9.13. The number of rotatable bonds is 4. The molecule has 1 aliphatic rings. The van der Waals surface area contributed by atoms with Crippen molar-refractivity contribution < 1.29 is 4.39 Å². The maximum Gasteiger partial charge on any atom is 0.123 e. The number of halogens is 1. The minimum atomic E-state index is -0.220. The average Bonchev–Trinajstić information content (AvgIpc) is 2.70. The first-order valence-corrected chi connectivity index (χ1v) is 9.13. The number of nitrogens with zero attached hydrogens (tertiary/aromatic N) is 3. The second-order valence-corrected chi connectivity index (χ2v) is 6.85. The standard InChI is InChI=1S/C22H22FN3/c23-19-11-9-17(10-12-19)21-7-3-8-22(25-21)18-5-4-14-26(15-18)16-20-6-1-2-13-24-20/h1-3,6-13,18H,4-5,14-16H2/t18-/m0/s1. The number of likely N-dealkylation sites (tertiary alicyclic amines) is 1. The number of benzene rings is 1. The fourth-order valence-corrected chi connectivity index (χ4v) is 3.62. The Balaban J connectivity index is 1.50. The number of hydrogen-bond donors (Lipinski definition) is 0. The molecule has 0 unspecified atom stereocenters. The van der Waals surface area contributed by atoms with Crippen LogP contribution < -0.4 is 0 Å². The van der Waals surface area contributed by atoms with Gasteiger partial charge in [-0.25, -0.2) is 4.39 Å². The second kappa shape index (κ2) is 7.75. The molecule has 1 saturated heterocycles. The van der Waals surface area contributed by atoms with Gasteiger partial charge in [0.15, 0.2) is 0 Å². The SMILES string of the molecule is Fc1ccc(-c2cccc([C@H]3CCCN(Cc4ccccn4)C3)n2)cc1. The molecule has 1 fully saturated rings. The molecule has 0 saturated carbocycles. The number of hydrogen-bond acceptors (Lipinski definition) is 3. The number of aromatic nitrogens is 2. The van der Waals surface area contributed by atoms with E-state index in [4.69, 9.17) is 4.98 Å². The minimum absolute atomic E-state index is 0.220. The molecule has 1 atom stereocenters. The van der Waals surface area contributed by atoms with Crippen LogP contribution in [0.2, 0.25) is 0 Å². The fraction of sp³-hybridized carbons (Fsp3) is 0.273. The molecule has 0 radical (unpaired) electrons. The lowest BCUT2D eigenvalue weighted by Crippen LogP contribution is -2.34. The molecule has 0 aliphatic carbocycles. The van der Waals surface area contributed by atoms with Crippen molar-refractivity contribution >= 4 is 0 Å². The summed E-state index contributed by atoms with van der Waals surface area (Å²) in [5, 5.41) is 0. The Hall–Kier alpha value is -2.59. The van der Waals surface area contributed by atoms with E-state index in [1.54, 1.807) is 12.1 Å². The predicted molar refractivity (Wildman–Crippen MR) is 101 cm³/mol. The molecule has 1 aromatic carbocycles. The Bertz CT molecular complexity index is 849. The third-order valence-electron chi connectivity index (χ3n) is 4.95. The second-order valence-electron chi connectivity index (χ2n) is 6.85. The Morgan fingerprint density at radius 3 is 2.69 bits per heavy atom. The third kappa shape index (κ3) is 3.97. The Labute approximate surface area is 153 Å². The lowest BCUT2D eigenvalue weighted by molar-refractivity contribution is 0.196. The Morgan fingerprint density at radius 2 is 1.88 bits per heavy atom. The average molecular weight is 347 g/mol. The molecular weight excluding hydrogens is 325 g/mol. The molecule has 132 valence electrons. The first kappa shape index (κ1) is 16.9. The lowest BCUT2D eigenvalue weighted by atomic mass is 9.93. The van der Waals surface area contributed by atoms with Gasteiger partial charge in [-0.3, -0.25) is 14.9 Å². The van der Waals surface area contributed by atoms with E-state index in [1.807, 2.05) is 24.4 Å². The summed E-state index contributed by atoms with van der Waals surface area (Å²) in [7, 11) is 0. The summed E-state index contributed by atoms with van der Waals surface area (Å²) in [4.78, 5) is 11.8. The molecule has 4 heteroatoms. The Kier molecular flexibility index (Phi) is 5.02. The van der Waals surface area contributed by atoms with Crippen LogP contribution in [0, 0.1) is 5.82 Å². The van der Waals surface area contributed by atoms with Gasteiger partial charge in [0.25, 0.3) is 0 Å². The molecule has 0 bridgehead atoms. The molecule has 26 heavy (non-hydrogen) atoms. The van der Waals surface area contributed by atoms with E-state index < -0.39 is 0 Å². The zero-order valence-corrected chi connectivity index (χ0v) is 14.7. The summed E-state index contributed by atoms with van der Waals surface area (Å²) in [6.07, 6.45) is 4.17. The van der Waals surface area contributed by atoms with Gasteiger partial charge in [-0.05, 0) is 67.9 Å². The van der Waals surface area contributed by atoms with Crippen molar-refractivity contribution in [2.45, 2.75) is 25.3 Å². The van der Waals surface area contributed by atoms with Crippen LogP contribution in [-0.2, 0) is 6.54 Å². The summed E-state index contributed by atoms with van der Waals surface area (Å²) in [5.41, 5.74) is 4.09. The van der Waals surface area contributed by atoms with E-state index >= 15 is 0 Å². The van der Waals surface area contributed by atoms with Gasteiger partial charge in [-0.15, -0.1) is 0 Å². The topological polar surface area (TPSA) is 29.0 Å². The van der Waals surface area contributed by atoms with Crippen molar-refractivity contribution in [3.63, 3.8) is 0 Å².